The van der Waals surface area contributed by atoms with E-state index >= 15 is 0 Å². The van der Waals surface area contributed by atoms with Crippen LogP contribution in [0.15, 0.2) is 31.0 Å². The summed E-state index contributed by atoms with van der Waals surface area (Å²) >= 11 is 1.36. The van der Waals surface area contributed by atoms with Gasteiger partial charge in [-0.05, 0) is 13.0 Å². The molecule has 0 fully saturated rings. The maximum absolute atomic E-state index is 12.0. The van der Waals surface area contributed by atoms with Crippen molar-refractivity contribution in [3.8, 4) is 10.6 Å². The van der Waals surface area contributed by atoms with E-state index in [1.807, 2.05) is 6.92 Å². The van der Waals surface area contributed by atoms with Gasteiger partial charge in [0.1, 0.15) is 12.9 Å². The standard InChI is InChI=1S/C14H14N6O2S/c1-9-12(10-3-4-16-11(18-10)7-22-2)23-13(17-9)19-14(21)20-6-5-15-8-20/h3-6,8H,7H2,1-2H3,(H,17,19,21). The van der Waals surface area contributed by atoms with Crippen molar-refractivity contribution >= 4 is 22.5 Å². The van der Waals surface area contributed by atoms with Gasteiger partial charge in [0.15, 0.2) is 11.0 Å². The van der Waals surface area contributed by atoms with Crippen LogP contribution in [0.3, 0.4) is 0 Å². The summed E-state index contributed by atoms with van der Waals surface area (Å²) in [6.07, 6.45) is 6.21. The molecule has 0 radical (unpaired) electrons. The summed E-state index contributed by atoms with van der Waals surface area (Å²) in [6, 6.07) is 1.49. The first-order valence-corrected chi connectivity index (χ1v) is 7.57. The SMILES string of the molecule is COCc1nccc(-c2sc(NC(=O)n3ccnc3)nc2C)n1. The van der Waals surface area contributed by atoms with Gasteiger partial charge in [-0.25, -0.2) is 24.7 Å². The molecule has 1 amide bonds. The number of methoxy groups -OCH3 is 1. The van der Waals surface area contributed by atoms with Gasteiger partial charge in [-0.1, -0.05) is 11.3 Å². The lowest BCUT2D eigenvalue weighted by Gasteiger charge is -2.01. The molecule has 0 aliphatic carbocycles. The third kappa shape index (κ3) is 3.41. The fraction of sp³-hybridized carbons (Fsp3) is 0.214. The molecule has 0 aliphatic heterocycles. The number of carbonyl (C=O) groups excluding carboxylic acids is 1. The maximum Gasteiger partial charge on any atom is 0.333 e. The van der Waals surface area contributed by atoms with Gasteiger partial charge in [0.25, 0.3) is 0 Å². The highest BCUT2D eigenvalue weighted by atomic mass is 32.1. The van der Waals surface area contributed by atoms with E-state index in [1.165, 1.54) is 28.4 Å². The van der Waals surface area contributed by atoms with Crippen molar-refractivity contribution in [3.05, 3.63) is 42.5 Å². The summed E-state index contributed by atoms with van der Waals surface area (Å²) in [5.74, 6) is 0.599. The molecule has 0 saturated carbocycles. The number of carbonyl (C=O) groups is 1. The molecule has 0 saturated heterocycles. The fourth-order valence-electron chi connectivity index (χ4n) is 1.95. The number of imidazole rings is 1. The summed E-state index contributed by atoms with van der Waals surface area (Å²) in [5.41, 5.74) is 1.54. The summed E-state index contributed by atoms with van der Waals surface area (Å²) < 4.78 is 6.39. The van der Waals surface area contributed by atoms with E-state index in [0.717, 1.165) is 16.3 Å². The van der Waals surface area contributed by atoms with Crippen LogP contribution in [-0.2, 0) is 11.3 Å². The molecule has 9 heteroatoms. The lowest BCUT2D eigenvalue weighted by Crippen LogP contribution is -2.17. The monoisotopic (exact) mass is 330 g/mol. The van der Waals surface area contributed by atoms with E-state index < -0.39 is 0 Å². The van der Waals surface area contributed by atoms with E-state index in [9.17, 15) is 4.79 Å². The van der Waals surface area contributed by atoms with E-state index in [2.05, 4.69) is 25.3 Å². The minimum absolute atomic E-state index is 0.314. The molecule has 1 N–H and O–H groups in total. The minimum atomic E-state index is -0.314. The summed E-state index contributed by atoms with van der Waals surface area (Å²) in [4.78, 5) is 29.7. The molecule has 3 aromatic heterocycles. The van der Waals surface area contributed by atoms with Gasteiger partial charge >= 0.3 is 6.03 Å². The fourth-order valence-corrected chi connectivity index (χ4v) is 2.87. The first kappa shape index (κ1) is 15.3. The quantitative estimate of drug-likeness (QED) is 0.789. The third-order valence-electron chi connectivity index (χ3n) is 2.96. The average Bonchev–Trinajstić information content (AvgIpc) is 3.18. The molecule has 3 heterocycles. The topological polar surface area (TPSA) is 94.8 Å². The predicted molar refractivity (Wildman–Crippen MR) is 85.2 cm³/mol. The van der Waals surface area contributed by atoms with Crippen LogP contribution in [0.2, 0.25) is 0 Å². The lowest BCUT2D eigenvalue weighted by molar-refractivity contribution is 0.178. The Balaban J connectivity index is 1.83. The van der Waals surface area contributed by atoms with Crippen LogP contribution in [0.5, 0.6) is 0 Å². The zero-order valence-electron chi connectivity index (χ0n) is 12.6. The first-order valence-electron chi connectivity index (χ1n) is 6.75. The van der Waals surface area contributed by atoms with E-state index in [-0.39, 0.29) is 6.03 Å². The first-order chi connectivity index (χ1) is 11.2. The number of amides is 1. The van der Waals surface area contributed by atoms with E-state index in [0.29, 0.717) is 17.6 Å². The lowest BCUT2D eigenvalue weighted by atomic mass is 10.3. The summed E-state index contributed by atoms with van der Waals surface area (Å²) in [7, 11) is 1.59. The second-order valence-electron chi connectivity index (χ2n) is 4.62. The van der Waals surface area contributed by atoms with Crippen LogP contribution >= 0.6 is 11.3 Å². The van der Waals surface area contributed by atoms with Crippen molar-refractivity contribution in [2.45, 2.75) is 13.5 Å². The number of ether oxygens (including phenoxy) is 1. The normalized spacial score (nSPS) is 10.7. The minimum Gasteiger partial charge on any atom is -0.377 e. The van der Waals surface area contributed by atoms with Gasteiger partial charge < -0.3 is 4.74 Å². The molecule has 3 aromatic rings. The Bertz CT molecular complexity index is 815. The molecule has 0 bridgehead atoms. The molecular formula is C14H14N6O2S. The number of thiazole rings is 1. The van der Waals surface area contributed by atoms with Crippen LogP contribution in [0.1, 0.15) is 11.5 Å². The highest BCUT2D eigenvalue weighted by Gasteiger charge is 2.14. The molecule has 8 nitrogen and oxygen atoms in total. The van der Waals surface area contributed by atoms with Gasteiger partial charge in [0.2, 0.25) is 0 Å². The molecule has 0 aromatic carbocycles. The number of aryl methyl sites for hydroxylation is 1. The van der Waals surface area contributed by atoms with Crippen molar-refractivity contribution in [2.24, 2.45) is 0 Å². The van der Waals surface area contributed by atoms with Gasteiger partial charge in [-0.2, -0.15) is 0 Å². The van der Waals surface area contributed by atoms with Crippen molar-refractivity contribution in [2.75, 3.05) is 12.4 Å². The van der Waals surface area contributed by atoms with Crippen LogP contribution in [0, 0.1) is 6.92 Å². The van der Waals surface area contributed by atoms with Crippen LogP contribution in [0.4, 0.5) is 9.93 Å². The molecule has 0 atom stereocenters. The van der Waals surface area contributed by atoms with Crippen LogP contribution in [-0.4, -0.2) is 37.6 Å². The zero-order chi connectivity index (χ0) is 16.2. The molecule has 118 valence electrons. The van der Waals surface area contributed by atoms with Gasteiger partial charge in [0, 0.05) is 25.7 Å². The second-order valence-corrected chi connectivity index (χ2v) is 5.62. The van der Waals surface area contributed by atoms with Crippen molar-refractivity contribution in [3.63, 3.8) is 0 Å². The van der Waals surface area contributed by atoms with Crippen molar-refractivity contribution < 1.29 is 9.53 Å². The largest absolute Gasteiger partial charge is 0.377 e. The number of hydrogen-bond donors (Lipinski definition) is 1. The number of rotatable bonds is 4. The Kier molecular flexibility index (Phi) is 4.40. The summed E-state index contributed by atoms with van der Waals surface area (Å²) in [6.45, 7) is 2.22. The number of nitrogens with one attached hydrogen (secondary N) is 1. The maximum atomic E-state index is 12.0. The predicted octanol–water partition coefficient (Wildman–Crippen LogP) is 2.33. The van der Waals surface area contributed by atoms with Crippen LogP contribution in [0.25, 0.3) is 10.6 Å². The molecule has 3 rings (SSSR count). The highest BCUT2D eigenvalue weighted by Crippen LogP contribution is 2.31. The van der Waals surface area contributed by atoms with E-state index in [1.54, 1.807) is 25.6 Å². The Labute approximate surface area is 136 Å². The number of hydrogen-bond acceptors (Lipinski definition) is 7. The van der Waals surface area contributed by atoms with Gasteiger partial charge in [-0.15, -0.1) is 0 Å². The molecular weight excluding hydrogens is 316 g/mol. The Morgan fingerprint density at radius 3 is 3.00 bits per heavy atom. The third-order valence-corrected chi connectivity index (χ3v) is 4.06. The molecule has 0 spiro atoms. The highest BCUT2D eigenvalue weighted by molar-refractivity contribution is 7.19. The van der Waals surface area contributed by atoms with Gasteiger partial charge in [0.05, 0.1) is 16.3 Å². The molecule has 0 unspecified atom stereocenters. The van der Waals surface area contributed by atoms with E-state index in [4.69, 9.17) is 4.74 Å². The molecule has 0 aliphatic rings. The number of anilines is 1. The van der Waals surface area contributed by atoms with Gasteiger partial charge in [-0.3, -0.25) is 9.88 Å². The van der Waals surface area contributed by atoms with Crippen molar-refractivity contribution in [1.29, 1.82) is 0 Å². The Hall–Kier alpha value is -2.65. The average molecular weight is 330 g/mol. The Morgan fingerprint density at radius 1 is 1.39 bits per heavy atom. The van der Waals surface area contributed by atoms with Crippen molar-refractivity contribution in [1.82, 2.24) is 24.5 Å². The summed E-state index contributed by atoms with van der Waals surface area (Å²) in [5, 5.41) is 3.24. The second kappa shape index (κ2) is 6.63. The smallest absolute Gasteiger partial charge is 0.333 e. The number of aromatic nitrogens is 5. The van der Waals surface area contributed by atoms with Crippen LogP contribution < -0.4 is 5.32 Å². The Morgan fingerprint density at radius 2 is 2.26 bits per heavy atom. The zero-order valence-corrected chi connectivity index (χ0v) is 13.4. The molecule has 23 heavy (non-hydrogen) atoms. The number of nitrogens with zero attached hydrogens (tertiary/aromatic N) is 5.